The van der Waals surface area contributed by atoms with E-state index in [1.54, 1.807) is 6.08 Å². The van der Waals surface area contributed by atoms with Crippen molar-refractivity contribution in [2.45, 2.75) is 20.0 Å². The fourth-order valence-corrected chi connectivity index (χ4v) is 4.40. The maximum atomic E-state index is 12.4. The lowest BCUT2D eigenvalue weighted by Crippen LogP contribution is -2.07. The lowest BCUT2D eigenvalue weighted by atomic mass is 10.1. The molecule has 33 heavy (non-hydrogen) atoms. The van der Waals surface area contributed by atoms with Crippen LogP contribution in [0.25, 0.3) is 17.3 Å². The van der Waals surface area contributed by atoms with Crippen molar-refractivity contribution in [3.05, 3.63) is 105 Å². The van der Waals surface area contributed by atoms with Gasteiger partial charge in [-0.1, -0.05) is 77.5 Å². The average molecular weight is 519 g/mol. The molecule has 4 nitrogen and oxygen atoms in total. The highest BCUT2D eigenvalue weighted by Gasteiger charge is 2.13. The maximum Gasteiger partial charge on any atom is 0.250 e. The molecule has 1 amide bonds. The van der Waals surface area contributed by atoms with Crippen molar-refractivity contribution in [2.24, 2.45) is 0 Å². The number of rotatable bonds is 8. The van der Waals surface area contributed by atoms with E-state index < -0.39 is 0 Å². The number of nitrogens with one attached hydrogen (secondary N) is 1. The molecule has 0 radical (unpaired) electrons. The topological polar surface area (TPSA) is 51.2 Å². The highest BCUT2D eigenvalue weighted by molar-refractivity contribution is 9.10. The monoisotopic (exact) mass is 518 g/mol. The first-order chi connectivity index (χ1) is 16.1. The van der Waals surface area contributed by atoms with Crippen LogP contribution in [0.1, 0.15) is 22.9 Å². The van der Waals surface area contributed by atoms with Crippen molar-refractivity contribution in [1.82, 2.24) is 4.98 Å². The average Bonchev–Trinajstić information content (AvgIpc) is 3.26. The SMILES string of the molecule is CCc1sc(NC(=O)/C=C/c2ccc(OCc3ccccc3)cc2)nc1-c1ccc(Br)cc1. The van der Waals surface area contributed by atoms with Gasteiger partial charge in [-0.05, 0) is 47.9 Å². The molecular weight excluding hydrogens is 496 g/mol. The minimum Gasteiger partial charge on any atom is -0.489 e. The zero-order valence-electron chi connectivity index (χ0n) is 18.1. The summed E-state index contributed by atoms with van der Waals surface area (Å²) >= 11 is 4.97. The third-order valence-electron chi connectivity index (χ3n) is 4.92. The van der Waals surface area contributed by atoms with E-state index in [4.69, 9.17) is 4.74 Å². The third-order valence-corrected chi connectivity index (χ3v) is 6.57. The van der Waals surface area contributed by atoms with E-state index in [1.807, 2.05) is 78.9 Å². The van der Waals surface area contributed by atoms with Crippen LogP contribution >= 0.6 is 27.3 Å². The highest BCUT2D eigenvalue weighted by atomic mass is 79.9. The maximum absolute atomic E-state index is 12.4. The summed E-state index contributed by atoms with van der Waals surface area (Å²) in [5, 5.41) is 3.49. The zero-order chi connectivity index (χ0) is 23.0. The predicted octanol–water partition coefficient (Wildman–Crippen LogP) is 7.37. The number of carbonyl (C=O) groups excluding carboxylic acids is 1. The predicted molar refractivity (Wildman–Crippen MR) is 140 cm³/mol. The molecule has 0 aliphatic heterocycles. The van der Waals surface area contributed by atoms with Crippen molar-refractivity contribution in [3.63, 3.8) is 0 Å². The number of carbonyl (C=O) groups is 1. The van der Waals surface area contributed by atoms with Gasteiger partial charge in [-0.2, -0.15) is 0 Å². The molecule has 0 bridgehead atoms. The quantitative estimate of drug-likeness (QED) is 0.248. The number of amides is 1. The number of ether oxygens (including phenoxy) is 1. The van der Waals surface area contributed by atoms with Crippen LogP contribution in [0, 0.1) is 0 Å². The van der Waals surface area contributed by atoms with Crippen LogP contribution < -0.4 is 10.1 Å². The molecule has 0 fully saturated rings. The van der Waals surface area contributed by atoms with Gasteiger partial charge >= 0.3 is 0 Å². The van der Waals surface area contributed by atoms with E-state index >= 15 is 0 Å². The number of benzene rings is 3. The molecule has 166 valence electrons. The number of halogens is 1. The second-order valence-corrected chi connectivity index (χ2v) is 9.32. The fourth-order valence-electron chi connectivity index (χ4n) is 3.21. The second kappa shape index (κ2) is 11.1. The van der Waals surface area contributed by atoms with Gasteiger partial charge in [-0.25, -0.2) is 4.98 Å². The Bertz CT molecular complexity index is 1230. The van der Waals surface area contributed by atoms with Gasteiger partial charge in [0, 0.05) is 21.0 Å². The molecule has 1 N–H and O–H groups in total. The lowest BCUT2D eigenvalue weighted by Gasteiger charge is -2.06. The molecule has 4 rings (SSSR count). The summed E-state index contributed by atoms with van der Waals surface area (Å²) in [5.74, 6) is 0.578. The molecule has 0 spiro atoms. The van der Waals surface area contributed by atoms with Gasteiger partial charge in [0.05, 0.1) is 5.69 Å². The van der Waals surface area contributed by atoms with Crippen molar-refractivity contribution in [1.29, 1.82) is 0 Å². The van der Waals surface area contributed by atoms with E-state index in [9.17, 15) is 4.79 Å². The molecule has 0 saturated heterocycles. The summed E-state index contributed by atoms with van der Waals surface area (Å²) < 4.78 is 6.83. The Morgan fingerprint density at radius 2 is 1.76 bits per heavy atom. The number of thiazole rings is 1. The van der Waals surface area contributed by atoms with Gasteiger partial charge in [-0.3, -0.25) is 10.1 Å². The number of nitrogens with zero attached hydrogens (tertiary/aromatic N) is 1. The Balaban J connectivity index is 1.35. The number of anilines is 1. The van der Waals surface area contributed by atoms with E-state index in [2.05, 4.69) is 33.2 Å². The first kappa shape index (κ1) is 23.0. The van der Waals surface area contributed by atoms with Crippen molar-refractivity contribution in [2.75, 3.05) is 5.32 Å². The van der Waals surface area contributed by atoms with Crippen LogP contribution in [0.5, 0.6) is 5.75 Å². The Labute approximate surface area is 206 Å². The summed E-state index contributed by atoms with van der Waals surface area (Å²) in [5.41, 5.74) is 3.99. The smallest absolute Gasteiger partial charge is 0.250 e. The highest BCUT2D eigenvalue weighted by Crippen LogP contribution is 2.32. The largest absolute Gasteiger partial charge is 0.489 e. The zero-order valence-corrected chi connectivity index (χ0v) is 20.5. The summed E-state index contributed by atoms with van der Waals surface area (Å²) in [6.45, 7) is 2.61. The number of hydrogen-bond acceptors (Lipinski definition) is 4. The molecule has 0 unspecified atom stereocenters. The van der Waals surface area contributed by atoms with Crippen LogP contribution in [0.15, 0.2) is 89.4 Å². The Hall–Kier alpha value is -3.22. The summed E-state index contributed by atoms with van der Waals surface area (Å²) in [6, 6.07) is 25.7. The van der Waals surface area contributed by atoms with E-state index in [-0.39, 0.29) is 5.91 Å². The summed E-state index contributed by atoms with van der Waals surface area (Å²) in [6.07, 6.45) is 4.15. The normalized spacial score (nSPS) is 11.0. The third kappa shape index (κ3) is 6.40. The standard InChI is InChI=1S/C27H23BrN2O2S/c1-2-24-26(21-11-13-22(28)14-12-21)30-27(33-24)29-25(31)17-10-19-8-15-23(16-9-19)32-18-20-6-4-3-5-7-20/h3-17H,2,18H2,1H3,(H,29,30,31)/b17-10+. The number of hydrogen-bond donors (Lipinski definition) is 1. The molecule has 0 saturated carbocycles. The lowest BCUT2D eigenvalue weighted by molar-refractivity contribution is -0.111. The van der Waals surface area contributed by atoms with Crippen LogP contribution in [0.3, 0.4) is 0 Å². The molecule has 1 heterocycles. The van der Waals surface area contributed by atoms with Crippen LogP contribution in [0.2, 0.25) is 0 Å². The molecule has 1 aromatic heterocycles. The van der Waals surface area contributed by atoms with Crippen LogP contribution in [-0.2, 0) is 17.8 Å². The second-order valence-electron chi connectivity index (χ2n) is 7.32. The fraction of sp³-hybridized carbons (Fsp3) is 0.111. The number of aromatic nitrogens is 1. The minimum atomic E-state index is -0.210. The number of aryl methyl sites for hydroxylation is 1. The van der Waals surface area contributed by atoms with Gasteiger partial charge in [-0.15, -0.1) is 11.3 Å². The van der Waals surface area contributed by atoms with Gasteiger partial charge in [0.2, 0.25) is 5.91 Å². The van der Waals surface area contributed by atoms with Crippen molar-refractivity contribution >= 4 is 44.4 Å². The van der Waals surface area contributed by atoms with E-state index in [0.717, 1.165) is 43.9 Å². The van der Waals surface area contributed by atoms with Crippen molar-refractivity contribution < 1.29 is 9.53 Å². The van der Waals surface area contributed by atoms with Gasteiger partial charge < -0.3 is 4.74 Å². The summed E-state index contributed by atoms with van der Waals surface area (Å²) in [7, 11) is 0. The summed E-state index contributed by atoms with van der Waals surface area (Å²) in [4.78, 5) is 18.2. The van der Waals surface area contributed by atoms with Gasteiger partial charge in [0.1, 0.15) is 12.4 Å². The molecule has 0 aliphatic carbocycles. The molecule has 4 aromatic rings. The van der Waals surface area contributed by atoms with Gasteiger partial charge in [0.25, 0.3) is 0 Å². The first-order valence-corrected chi connectivity index (χ1v) is 12.2. The Morgan fingerprint density at radius 3 is 2.45 bits per heavy atom. The molecular formula is C27H23BrN2O2S. The van der Waals surface area contributed by atoms with Crippen LogP contribution in [-0.4, -0.2) is 10.9 Å². The Morgan fingerprint density at radius 1 is 1.03 bits per heavy atom. The van der Waals surface area contributed by atoms with E-state index in [0.29, 0.717) is 11.7 Å². The van der Waals surface area contributed by atoms with E-state index in [1.165, 1.54) is 17.4 Å². The van der Waals surface area contributed by atoms with Crippen molar-refractivity contribution in [3.8, 4) is 17.0 Å². The van der Waals surface area contributed by atoms with Crippen LogP contribution in [0.4, 0.5) is 5.13 Å². The molecule has 0 aliphatic rings. The molecule has 6 heteroatoms. The molecule has 0 atom stereocenters. The Kier molecular flexibility index (Phi) is 7.70. The molecule has 3 aromatic carbocycles. The minimum absolute atomic E-state index is 0.210. The van der Waals surface area contributed by atoms with Gasteiger partial charge in [0.15, 0.2) is 5.13 Å². The first-order valence-electron chi connectivity index (χ1n) is 10.6.